The van der Waals surface area contributed by atoms with Crippen molar-refractivity contribution >= 4 is 33.8 Å². The van der Waals surface area contributed by atoms with Gasteiger partial charge in [0.25, 0.3) is 0 Å². The molecule has 1 N–H and O–H groups in total. The maximum atomic E-state index is 13.3. The van der Waals surface area contributed by atoms with E-state index in [1.807, 2.05) is 18.2 Å². The van der Waals surface area contributed by atoms with E-state index in [0.29, 0.717) is 11.4 Å². The molecule has 1 saturated heterocycles. The van der Waals surface area contributed by atoms with Gasteiger partial charge in [-0.1, -0.05) is 12.1 Å². The van der Waals surface area contributed by atoms with Crippen molar-refractivity contribution in [2.24, 2.45) is 0 Å². The second kappa shape index (κ2) is 8.46. The lowest BCUT2D eigenvalue weighted by Gasteiger charge is -2.40. The van der Waals surface area contributed by atoms with E-state index in [9.17, 15) is 18.9 Å². The van der Waals surface area contributed by atoms with Crippen LogP contribution in [-0.2, 0) is 20.5 Å². The molecule has 2 heterocycles. The summed E-state index contributed by atoms with van der Waals surface area (Å²) in [5, 5.41) is 11.0. The number of aliphatic carboxylic acids is 1. The summed E-state index contributed by atoms with van der Waals surface area (Å²) in [7, 11) is -1.49. The van der Waals surface area contributed by atoms with Gasteiger partial charge >= 0.3 is 12.1 Å². The Bertz CT molecular complexity index is 938. The van der Waals surface area contributed by atoms with Crippen molar-refractivity contribution in [2.45, 2.75) is 43.7 Å². The number of nitrogens with zero attached hydrogens (tertiary/aromatic N) is 3. The SMILES string of the molecule is CC(C)(C)OC(=O)N1CCN(S(=O)c2cccc3cnccc23)CC1CC(=O)O. The standard InChI is InChI=1S/C20H25N3O5S/c1-20(2,3)28-19(26)23-10-9-22(13-15(23)11-18(24)25)29(27)17-6-4-5-14-12-21-8-7-16(14)17/h4-8,12,15H,9-11,13H2,1-3H3,(H,24,25). The van der Waals surface area contributed by atoms with Crippen molar-refractivity contribution in [2.75, 3.05) is 19.6 Å². The molecular formula is C20H25N3O5S. The fourth-order valence-corrected chi connectivity index (χ4v) is 4.70. The maximum absolute atomic E-state index is 13.3. The van der Waals surface area contributed by atoms with Gasteiger partial charge in [-0.2, -0.15) is 0 Å². The van der Waals surface area contributed by atoms with Crippen LogP contribution >= 0.6 is 0 Å². The van der Waals surface area contributed by atoms with Gasteiger partial charge in [-0.25, -0.2) is 13.3 Å². The lowest BCUT2D eigenvalue weighted by Crippen LogP contribution is -2.56. The van der Waals surface area contributed by atoms with Gasteiger partial charge in [0, 0.05) is 42.8 Å². The highest BCUT2D eigenvalue weighted by Gasteiger charge is 2.36. The van der Waals surface area contributed by atoms with E-state index in [1.165, 1.54) is 4.90 Å². The first-order valence-corrected chi connectivity index (χ1v) is 10.5. The van der Waals surface area contributed by atoms with Crippen molar-refractivity contribution in [1.29, 1.82) is 0 Å². The number of piperazine rings is 1. The van der Waals surface area contributed by atoms with Crippen molar-refractivity contribution in [3.8, 4) is 0 Å². The molecule has 3 rings (SSSR count). The summed E-state index contributed by atoms with van der Waals surface area (Å²) in [4.78, 5) is 30.1. The predicted molar refractivity (Wildman–Crippen MR) is 109 cm³/mol. The van der Waals surface area contributed by atoms with E-state index in [-0.39, 0.29) is 19.5 Å². The summed E-state index contributed by atoms with van der Waals surface area (Å²) in [6.07, 6.45) is 2.57. The Morgan fingerprint density at radius 2 is 2.03 bits per heavy atom. The summed E-state index contributed by atoms with van der Waals surface area (Å²) < 4.78 is 20.4. The molecule has 0 spiro atoms. The summed E-state index contributed by atoms with van der Waals surface area (Å²) in [6.45, 7) is 6.06. The molecule has 1 aliphatic rings. The zero-order valence-electron chi connectivity index (χ0n) is 16.7. The van der Waals surface area contributed by atoms with Crippen LogP contribution in [0.25, 0.3) is 10.8 Å². The predicted octanol–water partition coefficient (Wildman–Crippen LogP) is 2.65. The molecule has 29 heavy (non-hydrogen) atoms. The number of carboxylic acid groups (broad SMARTS) is 1. The molecule has 2 aromatic rings. The van der Waals surface area contributed by atoms with Gasteiger partial charge in [-0.15, -0.1) is 0 Å². The quantitative estimate of drug-likeness (QED) is 0.818. The van der Waals surface area contributed by atoms with Gasteiger partial charge in [-0.3, -0.25) is 9.78 Å². The topological polar surface area (TPSA) is 100 Å². The number of carbonyl (C=O) groups is 2. The first-order chi connectivity index (χ1) is 13.7. The number of ether oxygens (including phenoxy) is 1. The number of rotatable bonds is 4. The Hall–Kier alpha value is -2.52. The van der Waals surface area contributed by atoms with Crippen molar-refractivity contribution < 1.29 is 23.6 Å². The minimum atomic E-state index is -1.49. The van der Waals surface area contributed by atoms with E-state index in [0.717, 1.165) is 10.8 Å². The molecule has 0 radical (unpaired) electrons. The lowest BCUT2D eigenvalue weighted by atomic mass is 10.1. The molecule has 1 fully saturated rings. The fourth-order valence-electron chi connectivity index (χ4n) is 3.30. The van der Waals surface area contributed by atoms with Crippen LogP contribution in [0.5, 0.6) is 0 Å². The van der Waals surface area contributed by atoms with Crippen LogP contribution in [0.4, 0.5) is 4.79 Å². The smallest absolute Gasteiger partial charge is 0.410 e. The number of carboxylic acids is 1. The Balaban J connectivity index is 1.82. The number of fused-ring (bicyclic) bond motifs is 1. The monoisotopic (exact) mass is 419 g/mol. The number of hydrogen-bond acceptors (Lipinski definition) is 5. The maximum Gasteiger partial charge on any atom is 0.410 e. The van der Waals surface area contributed by atoms with E-state index in [4.69, 9.17) is 4.74 Å². The molecule has 2 atom stereocenters. The highest BCUT2D eigenvalue weighted by molar-refractivity contribution is 7.83. The molecule has 1 aromatic heterocycles. The highest BCUT2D eigenvalue weighted by Crippen LogP contribution is 2.25. The molecule has 2 unspecified atom stereocenters. The first-order valence-electron chi connectivity index (χ1n) is 9.37. The number of aromatic nitrogens is 1. The van der Waals surface area contributed by atoms with Gasteiger partial charge in [0.1, 0.15) is 16.6 Å². The Morgan fingerprint density at radius 1 is 1.28 bits per heavy atom. The molecular weight excluding hydrogens is 394 g/mol. The van der Waals surface area contributed by atoms with Crippen LogP contribution < -0.4 is 0 Å². The number of carbonyl (C=O) groups excluding carboxylic acids is 1. The van der Waals surface area contributed by atoms with Crippen molar-refractivity contribution in [1.82, 2.24) is 14.2 Å². The molecule has 1 amide bonds. The normalized spacial score (nSPS) is 19.1. The zero-order valence-corrected chi connectivity index (χ0v) is 17.5. The van der Waals surface area contributed by atoms with Gasteiger partial charge in [0.2, 0.25) is 0 Å². The number of hydrogen-bond donors (Lipinski definition) is 1. The van der Waals surface area contributed by atoms with Gasteiger partial charge in [-0.05, 0) is 32.9 Å². The second-order valence-corrected chi connectivity index (χ2v) is 9.37. The van der Waals surface area contributed by atoms with Crippen molar-refractivity contribution in [3.63, 3.8) is 0 Å². The molecule has 9 heteroatoms. The summed E-state index contributed by atoms with van der Waals surface area (Å²) in [5.41, 5.74) is -0.679. The number of benzene rings is 1. The minimum Gasteiger partial charge on any atom is -0.481 e. The largest absolute Gasteiger partial charge is 0.481 e. The van der Waals surface area contributed by atoms with Gasteiger partial charge in [0.15, 0.2) is 0 Å². The highest BCUT2D eigenvalue weighted by atomic mass is 32.2. The van der Waals surface area contributed by atoms with Crippen molar-refractivity contribution in [3.05, 3.63) is 36.7 Å². The Kier molecular flexibility index (Phi) is 6.18. The third-order valence-corrected chi connectivity index (χ3v) is 6.08. The van der Waals surface area contributed by atoms with Crippen LogP contribution in [-0.4, -0.2) is 66.8 Å². The molecule has 0 aliphatic carbocycles. The summed E-state index contributed by atoms with van der Waals surface area (Å²) >= 11 is 0. The molecule has 1 aliphatic heterocycles. The average molecular weight is 420 g/mol. The number of amides is 1. The second-order valence-electron chi connectivity index (χ2n) is 7.92. The Morgan fingerprint density at radius 3 is 2.72 bits per heavy atom. The van der Waals surface area contributed by atoms with Crippen LogP contribution in [0, 0.1) is 0 Å². The van der Waals surface area contributed by atoms with Crippen LogP contribution in [0.1, 0.15) is 27.2 Å². The molecule has 0 saturated carbocycles. The van der Waals surface area contributed by atoms with E-state index in [2.05, 4.69) is 4.98 Å². The average Bonchev–Trinajstić information content (AvgIpc) is 2.65. The zero-order chi connectivity index (χ0) is 21.2. The fraction of sp³-hybridized carbons (Fsp3) is 0.450. The van der Waals surface area contributed by atoms with Gasteiger partial charge in [0.05, 0.1) is 17.4 Å². The van der Waals surface area contributed by atoms with E-state index in [1.54, 1.807) is 43.5 Å². The minimum absolute atomic E-state index is 0.180. The first kappa shape index (κ1) is 21.2. The third-order valence-electron chi connectivity index (χ3n) is 4.55. The van der Waals surface area contributed by atoms with Gasteiger partial charge < -0.3 is 14.7 Å². The van der Waals surface area contributed by atoms with E-state index >= 15 is 0 Å². The summed E-state index contributed by atoms with van der Waals surface area (Å²) in [5.74, 6) is -1.02. The molecule has 8 nitrogen and oxygen atoms in total. The van der Waals surface area contributed by atoms with Crippen LogP contribution in [0.15, 0.2) is 41.6 Å². The Labute approximate surface area is 172 Å². The lowest BCUT2D eigenvalue weighted by molar-refractivity contribution is -0.138. The summed E-state index contributed by atoms with van der Waals surface area (Å²) in [6, 6.07) is 6.70. The van der Waals surface area contributed by atoms with Crippen LogP contribution in [0.2, 0.25) is 0 Å². The third kappa shape index (κ3) is 5.10. The molecule has 0 bridgehead atoms. The molecule has 156 valence electrons. The number of pyridine rings is 1. The van der Waals surface area contributed by atoms with E-state index < -0.39 is 34.7 Å². The van der Waals surface area contributed by atoms with Crippen LogP contribution in [0.3, 0.4) is 0 Å². The molecule has 1 aromatic carbocycles.